The van der Waals surface area contributed by atoms with Gasteiger partial charge in [0.2, 0.25) is 5.91 Å². The molecule has 4 atom stereocenters. The highest BCUT2D eigenvalue weighted by molar-refractivity contribution is 5.84. The number of hydrogen-bond acceptors (Lipinski definition) is 4. The molecule has 5 nitrogen and oxygen atoms in total. The van der Waals surface area contributed by atoms with Crippen LogP contribution in [0.3, 0.4) is 0 Å². The second-order valence-corrected chi connectivity index (χ2v) is 6.74. The van der Waals surface area contributed by atoms with E-state index in [9.17, 15) is 9.90 Å². The number of benzene rings is 1. The smallest absolute Gasteiger partial charge is 0.224 e. The lowest BCUT2D eigenvalue weighted by atomic mass is 9.87. The molecule has 2 aliphatic heterocycles. The van der Waals surface area contributed by atoms with Gasteiger partial charge in [0.05, 0.1) is 12.7 Å². The topological polar surface area (TPSA) is 70.6 Å². The molecule has 0 radical (unpaired) electrons. The first-order valence-electron chi connectivity index (χ1n) is 8.09. The maximum atomic E-state index is 12.5. The summed E-state index contributed by atoms with van der Waals surface area (Å²) in [4.78, 5) is 12.5. The molecule has 0 bridgehead atoms. The summed E-state index contributed by atoms with van der Waals surface area (Å²) in [5, 5.41) is 16.0. The van der Waals surface area contributed by atoms with Gasteiger partial charge >= 0.3 is 0 Å². The molecule has 3 aliphatic rings. The van der Waals surface area contributed by atoms with Crippen LogP contribution in [0.5, 0.6) is 5.75 Å². The molecule has 1 saturated carbocycles. The molecule has 2 fully saturated rings. The van der Waals surface area contributed by atoms with Gasteiger partial charge in [-0.3, -0.25) is 4.79 Å². The lowest BCUT2D eigenvalue weighted by molar-refractivity contribution is -0.123. The molecule has 0 aromatic heterocycles. The average Bonchev–Trinajstić information content (AvgIpc) is 3.10. The van der Waals surface area contributed by atoms with Gasteiger partial charge in [0.15, 0.2) is 0 Å². The summed E-state index contributed by atoms with van der Waals surface area (Å²) in [6, 6.07) is 8.07. The number of nitrogens with one attached hydrogen (secondary N) is 2. The maximum absolute atomic E-state index is 12.5. The molecule has 4 rings (SSSR count). The number of carbonyl (C=O) groups excluding carboxylic acids is 1. The Morgan fingerprint density at radius 1 is 1.41 bits per heavy atom. The summed E-state index contributed by atoms with van der Waals surface area (Å²) in [5.41, 5.74) is 1.16. The standard InChI is InChI=1S/C17H22N2O3/c20-14-10-18-8-11(14)9-19-16(21)13-7-17(13)5-6-22-15-4-2-1-3-12(15)17/h1-4,11,13-14,18,20H,5-10H2,(H,19,21). The largest absolute Gasteiger partial charge is 0.493 e. The molecule has 1 spiro atoms. The predicted molar refractivity (Wildman–Crippen MR) is 81.7 cm³/mol. The van der Waals surface area contributed by atoms with Gasteiger partial charge in [-0.15, -0.1) is 0 Å². The summed E-state index contributed by atoms with van der Waals surface area (Å²) >= 11 is 0. The van der Waals surface area contributed by atoms with E-state index in [1.807, 2.05) is 18.2 Å². The van der Waals surface area contributed by atoms with E-state index in [4.69, 9.17) is 4.74 Å². The molecular weight excluding hydrogens is 280 g/mol. The third-order valence-electron chi connectivity index (χ3n) is 5.46. The zero-order valence-electron chi connectivity index (χ0n) is 12.5. The van der Waals surface area contributed by atoms with Gasteiger partial charge in [-0.25, -0.2) is 0 Å². The van der Waals surface area contributed by atoms with Crippen LogP contribution < -0.4 is 15.4 Å². The summed E-state index contributed by atoms with van der Waals surface area (Å²) in [6.07, 6.45) is 1.47. The van der Waals surface area contributed by atoms with Crippen LogP contribution in [0.25, 0.3) is 0 Å². The molecule has 3 N–H and O–H groups in total. The summed E-state index contributed by atoms with van der Waals surface area (Å²) in [6.45, 7) is 2.64. The molecular formula is C17H22N2O3. The SMILES string of the molecule is O=C(NCC1CNCC1O)C1CC12CCOc1ccccc12. The number of amides is 1. The lowest BCUT2D eigenvalue weighted by Gasteiger charge is -2.26. The number of ether oxygens (including phenoxy) is 1. The highest BCUT2D eigenvalue weighted by atomic mass is 16.5. The Morgan fingerprint density at radius 2 is 2.27 bits per heavy atom. The minimum atomic E-state index is -0.350. The third-order valence-corrected chi connectivity index (χ3v) is 5.46. The van der Waals surface area contributed by atoms with Crippen molar-refractivity contribution in [1.29, 1.82) is 0 Å². The lowest BCUT2D eigenvalue weighted by Crippen LogP contribution is -2.37. The first kappa shape index (κ1) is 14.0. The number of para-hydroxylation sites is 1. The van der Waals surface area contributed by atoms with Crippen molar-refractivity contribution in [2.24, 2.45) is 11.8 Å². The number of fused-ring (bicyclic) bond motifs is 2. The van der Waals surface area contributed by atoms with E-state index in [0.717, 1.165) is 25.1 Å². The van der Waals surface area contributed by atoms with E-state index in [-0.39, 0.29) is 29.3 Å². The molecule has 22 heavy (non-hydrogen) atoms. The molecule has 5 heteroatoms. The second kappa shape index (κ2) is 5.25. The predicted octanol–water partition coefficient (Wildman–Crippen LogP) is 0.423. The second-order valence-electron chi connectivity index (χ2n) is 6.74. The Bertz CT molecular complexity index is 591. The van der Waals surface area contributed by atoms with Crippen LogP contribution >= 0.6 is 0 Å². The zero-order chi connectivity index (χ0) is 15.2. The van der Waals surface area contributed by atoms with Crippen LogP contribution in [-0.4, -0.2) is 43.4 Å². The molecule has 118 valence electrons. The van der Waals surface area contributed by atoms with Crippen LogP contribution in [0.2, 0.25) is 0 Å². The van der Waals surface area contributed by atoms with E-state index in [1.54, 1.807) is 0 Å². The average molecular weight is 302 g/mol. The minimum absolute atomic E-state index is 0.0224. The van der Waals surface area contributed by atoms with Gasteiger partial charge in [-0.2, -0.15) is 0 Å². The van der Waals surface area contributed by atoms with Crippen molar-refractivity contribution in [3.8, 4) is 5.75 Å². The fraction of sp³-hybridized carbons (Fsp3) is 0.588. The van der Waals surface area contributed by atoms with Crippen molar-refractivity contribution >= 4 is 5.91 Å². The van der Waals surface area contributed by atoms with Gasteiger partial charge in [0.1, 0.15) is 5.75 Å². The van der Waals surface area contributed by atoms with Gasteiger partial charge < -0.3 is 20.5 Å². The van der Waals surface area contributed by atoms with Crippen LogP contribution in [0.4, 0.5) is 0 Å². The fourth-order valence-electron chi connectivity index (χ4n) is 3.99. The summed E-state index contributed by atoms with van der Waals surface area (Å²) in [5.74, 6) is 1.22. The van der Waals surface area contributed by atoms with E-state index in [2.05, 4.69) is 16.7 Å². The van der Waals surface area contributed by atoms with E-state index in [0.29, 0.717) is 19.7 Å². The van der Waals surface area contributed by atoms with Gasteiger partial charge in [0.25, 0.3) is 0 Å². The Morgan fingerprint density at radius 3 is 3.09 bits per heavy atom. The Balaban J connectivity index is 1.42. The van der Waals surface area contributed by atoms with Crippen molar-refractivity contribution < 1.29 is 14.6 Å². The van der Waals surface area contributed by atoms with Crippen LogP contribution in [0.15, 0.2) is 24.3 Å². The van der Waals surface area contributed by atoms with Crippen molar-refractivity contribution in [1.82, 2.24) is 10.6 Å². The number of carbonyl (C=O) groups is 1. The van der Waals surface area contributed by atoms with E-state index < -0.39 is 0 Å². The zero-order valence-corrected chi connectivity index (χ0v) is 12.5. The number of aliphatic hydroxyl groups excluding tert-OH is 1. The van der Waals surface area contributed by atoms with Gasteiger partial charge in [0, 0.05) is 42.4 Å². The van der Waals surface area contributed by atoms with Crippen LogP contribution in [0, 0.1) is 11.8 Å². The fourth-order valence-corrected chi connectivity index (χ4v) is 3.99. The molecule has 1 saturated heterocycles. The van der Waals surface area contributed by atoms with E-state index in [1.165, 1.54) is 5.56 Å². The highest BCUT2D eigenvalue weighted by Gasteiger charge is 2.60. The van der Waals surface area contributed by atoms with Gasteiger partial charge in [-0.05, 0) is 18.9 Å². The van der Waals surface area contributed by atoms with Gasteiger partial charge in [-0.1, -0.05) is 18.2 Å². The summed E-state index contributed by atoms with van der Waals surface area (Å²) < 4.78 is 5.71. The summed E-state index contributed by atoms with van der Waals surface area (Å²) in [7, 11) is 0. The van der Waals surface area contributed by atoms with Crippen LogP contribution in [-0.2, 0) is 10.2 Å². The number of β-amino-alcohol motifs (C(OH)–C–C–N with tert-alkyl or cyclic N) is 1. The van der Waals surface area contributed by atoms with Crippen molar-refractivity contribution in [2.75, 3.05) is 26.2 Å². The normalized spacial score (nSPS) is 35.8. The Labute approximate surface area is 130 Å². The van der Waals surface area contributed by atoms with E-state index >= 15 is 0 Å². The third kappa shape index (κ3) is 2.20. The number of hydrogen-bond donors (Lipinski definition) is 3. The molecule has 2 heterocycles. The first-order chi connectivity index (χ1) is 10.7. The maximum Gasteiger partial charge on any atom is 0.224 e. The number of rotatable bonds is 3. The number of aliphatic hydroxyl groups is 1. The molecule has 1 aromatic carbocycles. The Hall–Kier alpha value is -1.59. The molecule has 1 aliphatic carbocycles. The van der Waals surface area contributed by atoms with Crippen molar-refractivity contribution in [3.63, 3.8) is 0 Å². The van der Waals surface area contributed by atoms with Crippen molar-refractivity contribution in [2.45, 2.75) is 24.4 Å². The highest BCUT2D eigenvalue weighted by Crippen LogP contribution is 2.60. The molecule has 4 unspecified atom stereocenters. The minimum Gasteiger partial charge on any atom is -0.493 e. The monoisotopic (exact) mass is 302 g/mol. The van der Waals surface area contributed by atoms with Crippen LogP contribution in [0.1, 0.15) is 18.4 Å². The molecule has 1 amide bonds. The Kier molecular flexibility index (Phi) is 3.35. The quantitative estimate of drug-likeness (QED) is 0.757. The first-order valence-corrected chi connectivity index (χ1v) is 8.09. The molecule has 1 aromatic rings. The van der Waals surface area contributed by atoms with Crippen molar-refractivity contribution in [3.05, 3.63) is 29.8 Å².